The zero-order chi connectivity index (χ0) is 17.2. The Morgan fingerprint density at radius 1 is 0.840 bits per heavy atom. The van der Waals surface area contributed by atoms with Gasteiger partial charge in [-0.3, -0.25) is 4.57 Å². The van der Waals surface area contributed by atoms with Crippen molar-refractivity contribution in [2.24, 2.45) is 0 Å². The van der Waals surface area contributed by atoms with Crippen LogP contribution in [0.1, 0.15) is 25.0 Å². The lowest BCUT2D eigenvalue weighted by Crippen LogP contribution is -2.15. The van der Waals surface area contributed by atoms with E-state index in [0.29, 0.717) is 0 Å². The molecule has 25 heavy (non-hydrogen) atoms. The predicted octanol–water partition coefficient (Wildman–Crippen LogP) is 6.09. The van der Waals surface area contributed by atoms with Crippen molar-refractivity contribution in [3.63, 3.8) is 0 Å². The number of benzene rings is 3. The second-order valence-electron chi connectivity index (χ2n) is 7.08. The molecule has 0 atom stereocenters. The van der Waals surface area contributed by atoms with E-state index in [1.807, 2.05) is 6.07 Å². The lowest BCUT2D eigenvalue weighted by molar-refractivity contribution is 0.660. The second-order valence-corrected chi connectivity index (χ2v) is 7.78. The number of hydrogen-bond donors (Lipinski definition) is 0. The Morgan fingerprint density at radius 3 is 2.44 bits per heavy atom. The standard InChI is InChI=1S/C22H17BrN2/c1-22(2)15-9-4-3-8-14(15)20-16(22)10-7-13-19(20)25-18-12-6-5-11-17(18)24-21(25)23/h3-13H,1-2H3. The van der Waals surface area contributed by atoms with Gasteiger partial charge < -0.3 is 0 Å². The molecule has 0 N–H and O–H groups in total. The third-order valence-electron chi connectivity index (χ3n) is 5.35. The van der Waals surface area contributed by atoms with E-state index in [-0.39, 0.29) is 5.41 Å². The maximum atomic E-state index is 4.69. The van der Waals surface area contributed by atoms with Crippen LogP contribution in [0, 0.1) is 0 Å². The molecule has 1 aliphatic rings. The van der Waals surface area contributed by atoms with Gasteiger partial charge in [-0.25, -0.2) is 4.98 Å². The van der Waals surface area contributed by atoms with E-state index in [9.17, 15) is 0 Å². The number of aromatic nitrogens is 2. The summed E-state index contributed by atoms with van der Waals surface area (Å²) in [5.41, 5.74) is 8.69. The van der Waals surface area contributed by atoms with Crippen LogP contribution >= 0.6 is 15.9 Å². The Bertz CT molecular complexity index is 1140. The van der Waals surface area contributed by atoms with E-state index in [1.54, 1.807) is 0 Å². The van der Waals surface area contributed by atoms with Gasteiger partial charge >= 0.3 is 0 Å². The van der Waals surface area contributed by atoms with Gasteiger partial charge in [0, 0.05) is 11.0 Å². The summed E-state index contributed by atoms with van der Waals surface area (Å²) < 4.78 is 3.05. The van der Waals surface area contributed by atoms with Gasteiger partial charge in [-0.1, -0.05) is 62.4 Å². The summed E-state index contributed by atoms with van der Waals surface area (Å²) >= 11 is 3.68. The molecule has 1 aromatic heterocycles. The highest BCUT2D eigenvalue weighted by Gasteiger charge is 2.37. The molecule has 0 fully saturated rings. The first-order valence-corrected chi connectivity index (χ1v) is 9.25. The highest BCUT2D eigenvalue weighted by atomic mass is 79.9. The minimum absolute atomic E-state index is 0.00476. The van der Waals surface area contributed by atoms with Crippen molar-refractivity contribution >= 4 is 27.0 Å². The Balaban J connectivity index is 1.91. The molecule has 1 heterocycles. The summed E-state index contributed by atoms with van der Waals surface area (Å²) in [5, 5.41) is 0. The second kappa shape index (κ2) is 5.06. The summed E-state index contributed by atoms with van der Waals surface area (Å²) in [5.74, 6) is 0. The van der Waals surface area contributed by atoms with Crippen molar-refractivity contribution in [1.82, 2.24) is 9.55 Å². The fourth-order valence-corrected chi connectivity index (χ4v) is 4.72. The maximum Gasteiger partial charge on any atom is 0.182 e. The first kappa shape index (κ1) is 14.9. The SMILES string of the molecule is CC1(C)c2ccccc2-c2c(-n3c(Br)nc4ccccc43)cccc21. The molecule has 3 aromatic carbocycles. The number of para-hydroxylation sites is 2. The van der Waals surface area contributed by atoms with E-state index in [4.69, 9.17) is 0 Å². The molecule has 0 bridgehead atoms. The van der Waals surface area contributed by atoms with E-state index < -0.39 is 0 Å². The van der Waals surface area contributed by atoms with Crippen molar-refractivity contribution in [3.05, 3.63) is 82.6 Å². The van der Waals surface area contributed by atoms with Gasteiger partial charge in [-0.15, -0.1) is 0 Å². The average Bonchev–Trinajstić information content (AvgIpc) is 3.07. The van der Waals surface area contributed by atoms with Crippen molar-refractivity contribution in [3.8, 4) is 16.8 Å². The molecule has 0 aliphatic heterocycles. The molecule has 5 rings (SSSR count). The molecule has 0 unspecified atom stereocenters. The zero-order valence-electron chi connectivity index (χ0n) is 14.1. The van der Waals surface area contributed by atoms with Crippen molar-refractivity contribution in [2.75, 3.05) is 0 Å². The van der Waals surface area contributed by atoms with Crippen LogP contribution in [-0.2, 0) is 5.41 Å². The van der Waals surface area contributed by atoms with Crippen LogP contribution in [0.25, 0.3) is 27.8 Å². The number of rotatable bonds is 1. The van der Waals surface area contributed by atoms with Crippen LogP contribution in [0.3, 0.4) is 0 Å². The van der Waals surface area contributed by atoms with Crippen LogP contribution < -0.4 is 0 Å². The molecule has 1 aliphatic carbocycles. The number of fused-ring (bicyclic) bond motifs is 4. The predicted molar refractivity (Wildman–Crippen MR) is 106 cm³/mol. The first-order chi connectivity index (χ1) is 12.1. The molecule has 3 heteroatoms. The highest BCUT2D eigenvalue weighted by molar-refractivity contribution is 9.10. The van der Waals surface area contributed by atoms with Gasteiger partial charge in [0.1, 0.15) is 0 Å². The number of halogens is 1. The number of hydrogen-bond acceptors (Lipinski definition) is 1. The molecular formula is C22H17BrN2. The molecule has 0 saturated carbocycles. The highest BCUT2D eigenvalue weighted by Crippen LogP contribution is 2.51. The van der Waals surface area contributed by atoms with Gasteiger partial charge in [-0.05, 0) is 50.8 Å². The summed E-state index contributed by atoms with van der Waals surface area (Å²) in [6.45, 7) is 4.62. The third-order valence-corrected chi connectivity index (χ3v) is 5.88. The van der Waals surface area contributed by atoms with Gasteiger partial charge in [0.15, 0.2) is 4.73 Å². The quantitative estimate of drug-likeness (QED) is 0.385. The molecular weight excluding hydrogens is 372 g/mol. The van der Waals surface area contributed by atoms with Gasteiger partial charge in [-0.2, -0.15) is 0 Å². The van der Waals surface area contributed by atoms with Crippen LogP contribution in [0.2, 0.25) is 0 Å². The fraction of sp³-hybridized carbons (Fsp3) is 0.136. The molecule has 4 aromatic rings. The molecule has 122 valence electrons. The molecule has 0 radical (unpaired) electrons. The Kier molecular flexibility index (Phi) is 3.02. The van der Waals surface area contributed by atoms with Crippen LogP contribution in [0.4, 0.5) is 0 Å². The first-order valence-electron chi connectivity index (χ1n) is 8.46. The average molecular weight is 389 g/mol. The van der Waals surface area contributed by atoms with Crippen LogP contribution in [0.15, 0.2) is 71.5 Å². The summed E-state index contributed by atoms with van der Waals surface area (Å²) in [6.07, 6.45) is 0. The summed E-state index contributed by atoms with van der Waals surface area (Å²) in [7, 11) is 0. The zero-order valence-corrected chi connectivity index (χ0v) is 15.7. The van der Waals surface area contributed by atoms with Gasteiger partial charge in [0.25, 0.3) is 0 Å². The number of nitrogens with zero attached hydrogens (tertiary/aromatic N) is 2. The minimum Gasteiger partial charge on any atom is -0.286 e. The topological polar surface area (TPSA) is 17.8 Å². The van der Waals surface area contributed by atoms with Crippen LogP contribution in [-0.4, -0.2) is 9.55 Å². The van der Waals surface area contributed by atoms with Crippen molar-refractivity contribution in [2.45, 2.75) is 19.3 Å². The van der Waals surface area contributed by atoms with Gasteiger partial charge in [0.2, 0.25) is 0 Å². The number of imidazole rings is 1. The van der Waals surface area contributed by atoms with Gasteiger partial charge in [0.05, 0.1) is 16.7 Å². The smallest absolute Gasteiger partial charge is 0.182 e. The van der Waals surface area contributed by atoms with E-state index in [2.05, 4.69) is 100.0 Å². The Hall–Kier alpha value is -2.39. The maximum absolute atomic E-state index is 4.69. The normalized spacial score (nSPS) is 14.5. The van der Waals surface area contributed by atoms with E-state index >= 15 is 0 Å². The third kappa shape index (κ3) is 1.93. The molecule has 0 spiro atoms. The lowest BCUT2D eigenvalue weighted by Gasteiger charge is -2.21. The van der Waals surface area contributed by atoms with Crippen molar-refractivity contribution in [1.29, 1.82) is 0 Å². The largest absolute Gasteiger partial charge is 0.286 e. The van der Waals surface area contributed by atoms with Crippen LogP contribution in [0.5, 0.6) is 0 Å². The minimum atomic E-state index is 0.00476. The van der Waals surface area contributed by atoms with E-state index in [0.717, 1.165) is 15.8 Å². The summed E-state index contributed by atoms with van der Waals surface area (Å²) in [4.78, 5) is 4.69. The molecule has 0 amide bonds. The van der Waals surface area contributed by atoms with Crippen molar-refractivity contribution < 1.29 is 0 Å². The fourth-order valence-electron chi connectivity index (χ4n) is 4.15. The molecule has 2 nitrogen and oxygen atoms in total. The lowest BCUT2D eigenvalue weighted by atomic mass is 9.82. The molecule has 0 saturated heterocycles. The Morgan fingerprint density at radius 2 is 1.56 bits per heavy atom. The monoisotopic (exact) mass is 388 g/mol. The summed E-state index contributed by atoms with van der Waals surface area (Å²) in [6, 6.07) is 23.6. The Labute approximate surface area is 155 Å². The van der Waals surface area contributed by atoms with E-state index in [1.165, 1.54) is 27.9 Å².